The highest BCUT2D eigenvalue weighted by molar-refractivity contribution is 5.73. The Labute approximate surface area is 125 Å². The molecule has 0 spiro atoms. The van der Waals surface area contributed by atoms with Gasteiger partial charge in [-0.05, 0) is 53.8 Å². The molecule has 0 amide bonds. The molecule has 1 heteroatoms. The van der Waals surface area contributed by atoms with Crippen LogP contribution >= 0.6 is 0 Å². The number of hydrogen-bond acceptors (Lipinski definition) is 1. The summed E-state index contributed by atoms with van der Waals surface area (Å²) in [6, 6.07) is 22.4. The lowest BCUT2D eigenvalue weighted by atomic mass is 9.95. The van der Waals surface area contributed by atoms with Crippen LogP contribution in [0, 0.1) is 13.8 Å². The summed E-state index contributed by atoms with van der Waals surface area (Å²) in [5, 5.41) is 9.37. The van der Waals surface area contributed by atoms with E-state index in [1.54, 1.807) is 12.1 Å². The van der Waals surface area contributed by atoms with E-state index in [0.717, 1.165) is 5.56 Å². The van der Waals surface area contributed by atoms with Crippen molar-refractivity contribution in [3.05, 3.63) is 77.9 Å². The summed E-state index contributed by atoms with van der Waals surface area (Å²) in [7, 11) is 0. The molecule has 0 aliphatic rings. The third kappa shape index (κ3) is 2.82. The van der Waals surface area contributed by atoms with Gasteiger partial charge >= 0.3 is 0 Å². The van der Waals surface area contributed by atoms with Crippen LogP contribution in [0.4, 0.5) is 0 Å². The number of aromatic hydroxyl groups is 1. The Balaban J connectivity index is 1.99. The Hall–Kier alpha value is -2.54. The van der Waals surface area contributed by atoms with Gasteiger partial charge < -0.3 is 5.11 Å². The molecule has 0 unspecified atom stereocenters. The van der Waals surface area contributed by atoms with Crippen LogP contribution in [-0.2, 0) is 0 Å². The van der Waals surface area contributed by atoms with Crippen molar-refractivity contribution in [3.63, 3.8) is 0 Å². The van der Waals surface area contributed by atoms with Gasteiger partial charge in [-0.15, -0.1) is 0 Å². The van der Waals surface area contributed by atoms with Gasteiger partial charge in [0.1, 0.15) is 5.75 Å². The Morgan fingerprint density at radius 1 is 0.619 bits per heavy atom. The first-order chi connectivity index (χ1) is 10.1. The summed E-state index contributed by atoms with van der Waals surface area (Å²) in [6.07, 6.45) is 0. The molecule has 0 aromatic heterocycles. The van der Waals surface area contributed by atoms with Crippen molar-refractivity contribution in [1.82, 2.24) is 0 Å². The van der Waals surface area contributed by atoms with E-state index in [-0.39, 0.29) is 0 Å². The maximum absolute atomic E-state index is 9.37. The first-order valence-electron chi connectivity index (χ1n) is 7.10. The van der Waals surface area contributed by atoms with Crippen molar-refractivity contribution < 1.29 is 5.11 Å². The lowest BCUT2D eigenvalue weighted by molar-refractivity contribution is 0.475. The Morgan fingerprint density at radius 2 is 1.19 bits per heavy atom. The molecule has 0 radical (unpaired) electrons. The molecule has 0 saturated carbocycles. The lowest BCUT2D eigenvalue weighted by Gasteiger charge is -2.10. The average Bonchev–Trinajstić information content (AvgIpc) is 2.49. The number of phenolic OH excluding ortho intramolecular Hbond substituents is 1. The summed E-state index contributed by atoms with van der Waals surface area (Å²) in [5.41, 5.74) is 7.32. The number of rotatable bonds is 2. The van der Waals surface area contributed by atoms with Crippen molar-refractivity contribution in [3.8, 4) is 28.0 Å². The first-order valence-corrected chi connectivity index (χ1v) is 7.10. The van der Waals surface area contributed by atoms with Gasteiger partial charge in [-0.2, -0.15) is 0 Å². The molecule has 0 bridgehead atoms. The Kier molecular flexibility index (Phi) is 3.49. The molecular weight excluding hydrogens is 256 g/mol. The molecule has 21 heavy (non-hydrogen) atoms. The van der Waals surface area contributed by atoms with Gasteiger partial charge in [0, 0.05) is 0 Å². The highest BCUT2D eigenvalue weighted by atomic mass is 16.3. The fourth-order valence-electron chi connectivity index (χ4n) is 2.55. The van der Waals surface area contributed by atoms with Gasteiger partial charge in [-0.1, -0.05) is 60.2 Å². The normalized spacial score (nSPS) is 10.6. The van der Waals surface area contributed by atoms with Crippen molar-refractivity contribution in [1.29, 1.82) is 0 Å². The van der Waals surface area contributed by atoms with E-state index in [1.165, 1.54) is 27.8 Å². The summed E-state index contributed by atoms with van der Waals surface area (Å²) in [5.74, 6) is 0.298. The second-order valence-corrected chi connectivity index (χ2v) is 5.44. The molecule has 1 N–H and O–H groups in total. The minimum absolute atomic E-state index is 0.298. The van der Waals surface area contributed by atoms with Crippen LogP contribution < -0.4 is 0 Å². The number of hydrogen-bond donors (Lipinski definition) is 1. The molecule has 3 rings (SSSR count). The third-order valence-electron chi connectivity index (χ3n) is 3.79. The van der Waals surface area contributed by atoms with Crippen LogP contribution in [0.3, 0.4) is 0 Å². The van der Waals surface area contributed by atoms with E-state index in [9.17, 15) is 5.11 Å². The highest BCUT2D eigenvalue weighted by Gasteiger charge is 2.04. The fourth-order valence-corrected chi connectivity index (χ4v) is 2.55. The van der Waals surface area contributed by atoms with Gasteiger partial charge in [0.2, 0.25) is 0 Å². The molecule has 0 saturated heterocycles. The standard InChI is InChI=1S/C20H18O/c1-14-3-5-17(6-4-14)20-12-9-18(13-15(20)2)16-7-10-19(21)11-8-16/h3-13,21H,1-2H3. The zero-order chi connectivity index (χ0) is 14.8. The minimum Gasteiger partial charge on any atom is -0.508 e. The number of benzene rings is 3. The van der Waals surface area contributed by atoms with Crippen LogP contribution in [0.1, 0.15) is 11.1 Å². The van der Waals surface area contributed by atoms with Crippen molar-refractivity contribution in [2.75, 3.05) is 0 Å². The molecule has 3 aromatic carbocycles. The van der Waals surface area contributed by atoms with E-state index >= 15 is 0 Å². The summed E-state index contributed by atoms with van der Waals surface area (Å²) < 4.78 is 0. The molecule has 0 atom stereocenters. The van der Waals surface area contributed by atoms with E-state index < -0.39 is 0 Å². The van der Waals surface area contributed by atoms with Crippen LogP contribution in [-0.4, -0.2) is 5.11 Å². The zero-order valence-electron chi connectivity index (χ0n) is 12.3. The molecule has 3 aromatic rings. The van der Waals surface area contributed by atoms with E-state index in [1.807, 2.05) is 12.1 Å². The van der Waals surface area contributed by atoms with Gasteiger partial charge in [0.15, 0.2) is 0 Å². The molecule has 0 fully saturated rings. The third-order valence-corrected chi connectivity index (χ3v) is 3.79. The zero-order valence-corrected chi connectivity index (χ0v) is 12.3. The largest absolute Gasteiger partial charge is 0.508 e. The quantitative estimate of drug-likeness (QED) is 0.668. The number of phenols is 1. The summed E-state index contributed by atoms with van der Waals surface area (Å²) >= 11 is 0. The molecular formula is C20H18O. The van der Waals surface area contributed by atoms with Crippen molar-refractivity contribution >= 4 is 0 Å². The monoisotopic (exact) mass is 274 g/mol. The lowest BCUT2D eigenvalue weighted by Crippen LogP contribution is -1.86. The van der Waals surface area contributed by atoms with Crippen LogP contribution in [0.2, 0.25) is 0 Å². The second kappa shape index (κ2) is 5.45. The van der Waals surface area contributed by atoms with Gasteiger partial charge in [-0.25, -0.2) is 0 Å². The second-order valence-electron chi connectivity index (χ2n) is 5.44. The Bertz CT molecular complexity index is 753. The van der Waals surface area contributed by atoms with E-state index in [2.05, 4.69) is 56.3 Å². The highest BCUT2D eigenvalue weighted by Crippen LogP contribution is 2.29. The van der Waals surface area contributed by atoms with Crippen molar-refractivity contribution in [2.24, 2.45) is 0 Å². The fraction of sp³-hybridized carbons (Fsp3) is 0.100. The van der Waals surface area contributed by atoms with E-state index in [0.29, 0.717) is 5.75 Å². The van der Waals surface area contributed by atoms with Crippen LogP contribution in [0.5, 0.6) is 5.75 Å². The molecule has 0 aliphatic carbocycles. The van der Waals surface area contributed by atoms with Crippen LogP contribution in [0.25, 0.3) is 22.3 Å². The average molecular weight is 274 g/mol. The predicted octanol–water partition coefficient (Wildman–Crippen LogP) is 5.34. The molecule has 0 heterocycles. The summed E-state index contributed by atoms with van der Waals surface area (Å²) in [6.45, 7) is 4.24. The van der Waals surface area contributed by atoms with Gasteiger partial charge in [-0.3, -0.25) is 0 Å². The number of aryl methyl sites for hydroxylation is 2. The molecule has 1 nitrogen and oxygen atoms in total. The maximum Gasteiger partial charge on any atom is 0.115 e. The summed E-state index contributed by atoms with van der Waals surface area (Å²) in [4.78, 5) is 0. The molecule has 0 aliphatic heterocycles. The molecule has 104 valence electrons. The topological polar surface area (TPSA) is 20.2 Å². The first kappa shape index (κ1) is 13.4. The predicted molar refractivity (Wildman–Crippen MR) is 88.5 cm³/mol. The Morgan fingerprint density at radius 3 is 1.81 bits per heavy atom. The van der Waals surface area contributed by atoms with E-state index in [4.69, 9.17) is 0 Å². The van der Waals surface area contributed by atoms with Crippen molar-refractivity contribution in [2.45, 2.75) is 13.8 Å². The maximum atomic E-state index is 9.37. The van der Waals surface area contributed by atoms with Gasteiger partial charge in [0.05, 0.1) is 0 Å². The minimum atomic E-state index is 0.298. The smallest absolute Gasteiger partial charge is 0.115 e. The van der Waals surface area contributed by atoms with Crippen LogP contribution in [0.15, 0.2) is 66.7 Å². The van der Waals surface area contributed by atoms with Gasteiger partial charge in [0.25, 0.3) is 0 Å². The SMILES string of the molecule is Cc1ccc(-c2ccc(-c3ccc(O)cc3)cc2C)cc1.